The lowest BCUT2D eigenvalue weighted by molar-refractivity contribution is -0.887. The van der Waals surface area contributed by atoms with Gasteiger partial charge < -0.3 is 23.8 Å². The lowest BCUT2D eigenvalue weighted by atomic mass is 10.1. The van der Waals surface area contributed by atoms with Gasteiger partial charge in [0.15, 0.2) is 12.1 Å². The molecule has 0 bridgehead atoms. The van der Waals surface area contributed by atoms with Gasteiger partial charge in [-0.15, -0.1) is 0 Å². The molecule has 0 rings (SSSR count). The summed E-state index contributed by atoms with van der Waals surface area (Å²) in [6, 6.07) is -0.624. The van der Waals surface area contributed by atoms with Crippen molar-refractivity contribution in [3.8, 4) is 0 Å². The van der Waals surface area contributed by atoms with Crippen molar-refractivity contribution in [2.75, 3.05) is 41.0 Å². The van der Waals surface area contributed by atoms with Crippen LogP contribution in [0.15, 0.2) is 85.1 Å². The molecule has 0 radical (unpaired) electrons. The van der Waals surface area contributed by atoms with Crippen molar-refractivity contribution in [2.45, 2.75) is 161 Å². The first-order valence-corrected chi connectivity index (χ1v) is 21.7. The molecule has 0 fully saturated rings. The Kier molecular flexibility index (Phi) is 36.0. The summed E-state index contributed by atoms with van der Waals surface area (Å²) >= 11 is 0. The molecule has 0 saturated carbocycles. The summed E-state index contributed by atoms with van der Waals surface area (Å²) in [4.78, 5) is 37.0. The number of ether oxygens (including phenoxy) is 3. The summed E-state index contributed by atoms with van der Waals surface area (Å²) < 4.78 is 17.2. The Morgan fingerprint density at radius 3 is 1.62 bits per heavy atom. The number of nitrogens with zero attached hydrogens (tertiary/aromatic N) is 1. The van der Waals surface area contributed by atoms with Crippen molar-refractivity contribution in [3.63, 3.8) is 0 Å². The molecule has 2 atom stereocenters. The Morgan fingerprint density at radius 1 is 0.571 bits per heavy atom. The quantitative estimate of drug-likeness (QED) is 0.0220. The second kappa shape index (κ2) is 38.4. The SMILES string of the molecule is CC/C=C/C/C=C/CCCCCCCCCC(=O)OC(COCCC(C(=O)O)[N+](C)(C)C)COC(=O)CCCCCCC/C=C/C=C/C=C/C=C/C=C/CCC. The van der Waals surface area contributed by atoms with Crippen molar-refractivity contribution >= 4 is 17.9 Å². The monoisotopic (exact) mass is 783 g/mol. The number of carboxylic acids is 1. The number of carboxylic acid groups (broad SMARTS) is 1. The summed E-state index contributed by atoms with van der Waals surface area (Å²) in [6.07, 6.45) is 49.0. The molecule has 8 nitrogen and oxygen atoms in total. The zero-order valence-electron chi connectivity index (χ0n) is 36.1. The second-order valence-corrected chi connectivity index (χ2v) is 15.3. The summed E-state index contributed by atoms with van der Waals surface area (Å²) in [5.74, 6) is -1.52. The Hall–Kier alpha value is -3.49. The third kappa shape index (κ3) is 36.2. The smallest absolute Gasteiger partial charge is 0.362 e. The minimum Gasteiger partial charge on any atom is -0.477 e. The highest BCUT2D eigenvalue weighted by Gasteiger charge is 2.31. The fraction of sp³-hybridized carbons (Fsp3) is 0.646. The Morgan fingerprint density at radius 2 is 1.07 bits per heavy atom. The van der Waals surface area contributed by atoms with Crippen LogP contribution in [-0.2, 0) is 28.6 Å². The number of unbranched alkanes of at least 4 members (excludes halogenated alkanes) is 13. The maximum Gasteiger partial charge on any atom is 0.362 e. The van der Waals surface area contributed by atoms with Gasteiger partial charge in [0.25, 0.3) is 0 Å². The molecule has 0 heterocycles. The van der Waals surface area contributed by atoms with E-state index in [0.717, 1.165) is 83.5 Å². The number of likely N-dealkylation sites (N-methyl/N-ethyl adjacent to an activating group) is 1. The lowest BCUT2D eigenvalue weighted by Crippen LogP contribution is -2.50. The van der Waals surface area contributed by atoms with Crippen LogP contribution in [0.4, 0.5) is 0 Å². The van der Waals surface area contributed by atoms with Gasteiger partial charge in [0, 0.05) is 19.3 Å². The van der Waals surface area contributed by atoms with Crippen LogP contribution in [0.3, 0.4) is 0 Å². The standard InChI is InChI=1S/C48H79NO7/c1-6-8-10-12-14-16-18-20-22-23-24-25-27-28-30-32-34-36-38-46(50)55-43-44(42-54-41-40-45(48(52)53)49(3,4)5)56-47(51)39-37-35-33-31-29-26-21-19-17-15-13-11-9-7-2/h9-12,14-18,20,22-25,44-45H,6-8,13,19,21,26-43H2,1-5H3/p+1/b11-9+,12-10+,16-14+,17-15+,20-18+,23-22+,25-24+. The maximum absolute atomic E-state index is 12.7. The van der Waals surface area contributed by atoms with E-state index in [0.29, 0.717) is 19.3 Å². The van der Waals surface area contributed by atoms with Gasteiger partial charge in [-0.25, -0.2) is 4.79 Å². The van der Waals surface area contributed by atoms with Gasteiger partial charge in [0.2, 0.25) is 0 Å². The average molecular weight is 783 g/mol. The third-order valence-corrected chi connectivity index (χ3v) is 9.14. The minimum atomic E-state index is -0.885. The first-order chi connectivity index (χ1) is 27.1. The summed E-state index contributed by atoms with van der Waals surface area (Å²) in [6.45, 7) is 4.49. The number of allylic oxidation sites excluding steroid dienone is 14. The summed E-state index contributed by atoms with van der Waals surface area (Å²) in [5.41, 5.74) is 0. The predicted molar refractivity (Wildman–Crippen MR) is 233 cm³/mol. The number of carbonyl (C=O) groups excluding carboxylic acids is 2. The number of aliphatic carboxylic acids is 1. The van der Waals surface area contributed by atoms with E-state index in [4.69, 9.17) is 14.2 Å². The van der Waals surface area contributed by atoms with Crippen molar-refractivity contribution < 1.29 is 38.2 Å². The Bertz CT molecular complexity index is 1190. The highest BCUT2D eigenvalue weighted by atomic mass is 16.6. The Balaban J connectivity index is 4.43. The molecule has 318 valence electrons. The highest BCUT2D eigenvalue weighted by molar-refractivity contribution is 5.72. The van der Waals surface area contributed by atoms with Gasteiger partial charge in [-0.1, -0.05) is 157 Å². The summed E-state index contributed by atoms with van der Waals surface area (Å²) in [5, 5.41) is 9.61. The van der Waals surface area contributed by atoms with Gasteiger partial charge in [-0.2, -0.15) is 0 Å². The number of rotatable bonds is 37. The molecular weight excluding hydrogens is 703 g/mol. The number of esters is 2. The van der Waals surface area contributed by atoms with Crippen LogP contribution in [-0.4, -0.2) is 80.6 Å². The molecule has 2 unspecified atom stereocenters. The molecule has 0 aromatic carbocycles. The maximum atomic E-state index is 12.7. The molecule has 0 aromatic heterocycles. The van der Waals surface area contributed by atoms with Crippen molar-refractivity contribution in [3.05, 3.63) is 85.1 Å². The van der Waals surface area contributed by atoms with Crippen LogP contribution in [0.2, 0.25) is 0 Å². The van der Waals surface area contributed by atoms with Crippen molar-refractivity contribution in [1.29, 1.82) is 0 Å². The molecule has 0 amide bonds. The van der Waals surface area contributed by atoms with E-state index < -0.39 is 18.1 Å². The van der Waals surface area contributed by atoms with Gasteiger partial charge in [0.05, 0.1) is 34.4 Å². The normalized spacial score (nSPS) is 13.8. The van der Waals surface area contributed by atoms with Crippen molar-refractivity contribution in [2.24, 2.45) is 0 Å². The van der Waals surface area contributed by atoms with Crippen LogP contribution in [0.5, 0.6) is 0 Å². The molecule has 0 aliphatic rings. The van der Waals surface area contributed by atoms with Crippen LogP contribution >= 0.6 is 0 Å². The van der Waals surface area contributed by atoms with E-state index in [2.05, 4.69) is 62.5 Å². The van der Waals surface area contributed by atoms with Crippen LogP contribution < -0.4 is 0 Å². The fourth-order valence-corrected chi connectivity index (χ4v) is 5.80. The summed E-state index contributed by atoms with van der Waals surface area (Å²) in [7, 11) is 5.50. The lowest BCUT2D eigenvalue weighted by Gasteiger charge is -2.31. The zero-order valence-corrected chi connectivity index (χ0v) is 36.1. The number of hydrogen-bond donors (Lipinski definition) is 1. The van der Waals surface area contributed by atoms with Gasteiger partial charge in [-0.05, 0) is 57.8 Å². The predicted octanol–water partition coefficient (Wildman–Crippen LogP) is 11.7. The zero-order chi connectivity index (χ0) is 41.4. The minimum absolute atomic E-state index is 0.0441. The van der Waals surface area contributed by atoms with Gasteiger partial charge in [0.1, 0.15) is 6.61 Å². The first kappa shape index (κ1) is 52.5. The number of hydrogen-bond acceptors (Lipinski definition) is 6. The largest absolute Gasteiger partial charge is 0.477 e. The van der Waals surface area contributed by atoms with E-state index in [-0.39, 0.29) is 36.2 Å². The molecule has 0 aliphatic carbocycles. The van der Waals surface area contributed by atoms with Crippen LogP contribution in [0.1, 0.15) is 149 Å². The Labute approximate surface area is 342 Å². The van der Waals surface area contributed by atoms with E-state index in [1.54, 1.807) is 0 Å². The molecule has 1 N–H and O–H groups in total. The third-order valence-electron chi connectivity index (χ3n) is 9.14. The molecular formula is C48H80NO7+. The van der Waals surface area contributed by atoms with Gasteiger partial charge in [-0.3, -0.25) is 9.59 Å². The molecule has 0 spiro atoms. The fourth-order valence-electron chi connectivity index (χ4n) is 5.80. The van der Waals surface area contributed by atoms with E-state index in [1.165, 1.54) is 32.1 Å². The number of quaternary nitrogens is 1. The molecule has 0 aromatic rings. The van der Waals surface area contributed by atoms with Crippen molar-refractivity contribution in [1.82, 2.24) is 0 Å². The van der Waals surface area contributed by atoms with Crippen LogP contribution in [0, 0.1) is 0 Å². The van der Waals surface area contributed by atoms with Crippen LogP contribution in [0.25, 0.3) is 0 Å². The first-order valence-electron chi connectivity index (χ1n) is 21.7. The molecule has 8 heteroatoms. The average Bonchev–Trinajstić information content (AvgIpc) is 3.15. The molecule has 56 heavy (non-hydrogen) atoms. The number of carbonyl (C=O) groups is 3. The second-order valence-electron chi connectivity index (χ2n) is 15.3. The van der Waals surface area contributed by atoms with E-state index in [1.807, 2.05) is 57.6 Å². The molecule has 0 saturated heterocycles. The van der Waals surface area contributed by atoms with Gasteiger partial charge >= 0.3 is 17.9 Å². The topological polar surface area (TPSA) is 99.1 Å². The van der Waals surface area contributed by atoms with E-state index in [9.17, 15) is 19.5 Å². The molecule has 0 aliphatic heterocycles. The highest BCUT2D eigenvalue weighted by Crippen LogP contribution is 2.13. The van der Waals surface area contributed by atoms with E-state index >= 15 is 0 Å².